The summed E-state index contributed by atoms with van der Waals surface area (Å²) in [5, 5.41) is 3.54. The number of benzene rings is 1. The third kappa shape index (κ3) is 4.59. The second-order valence-electron chi connectivity index (χ2n) is 5.34. The number of carbonyl (C=O) groups excluding carboxylic acids is 1. The van der Waals surface area contributed by atoms with Crippen LogP contribution in [0.3, 0.4) is 0 Å². The van der Waals surface area contributed by atoms with Crippen molar-refractivity contribution in [3.63, 3.8) is 0 Å². The number of nitrogens with one attached hydrogen (secondary N) is 1. The first-order valence-corrected chi connectivity index (χ1v) is 6.92. The molecule has 1 N–H and O–H groups in total. The van der Waals surface area contributed by atoms with Gasteiger partial charge >= 0.3 is 0 Å². The predicted molar refractivity (Wildman–Crippen MR) is 77.1 cm³/mol. The molecule has 0 aliphatic carbocycles. The van der Waals surface area contributed by atoms with E-state index in [4.69, 9.17) is 11.6 Å². The van der Waals surface area contributed by atoms with Crippen LogP contribution < -0.4 is 5.32 Å². The molecule has 0 saturated heterocycles. The van der Waals surface area contributed by atoms with E-state index in [0.29, 0.717) is 17.1 Å². The summed E-state index contributed by atoms with van der Waals surface area (Å²) < 4.78 is 14.0. The topological polar surface area (TPSA) is 29.1 Å². The number of Topliss-reactive ketones (excluding diaryl/α,β-unsaturated/α-hetero) is 1. The van der Waals surface area contributed by atoms with Crippen molar-refractivity contribution in [2.24, 2.45) is 5.92 Å². The summed E-state index contributed by atoms with van der Waals surface area (Å²) in [5.74, 6) is -0.986. The van der Waals surface area contributed by atoms with Crippen molar-refractivity contribution in [1.82, 2.24) is 5.32 Å². The van der Waals surface area contributed by atoms with E-state index in [0.717, 1.165) is 0 Å². The highest BCUT2D eigenvalue weighted by molar-refractivity contribution is 6.30. The highest BCUT2D eigenvalue weighted by atomic mass is 35.5. The molecule has 0 amide bonds. The Morgan fingerprint density at radius 1 is 1.32 bits per heavy atom. The van der Waals surface area contributed by atoms with Gasteiger partial charge in [-0.1, -0.05) is 45.4 Å². The van der Waals surface area contributed by atoms with Crippen LogP contribution in [0.1, 0.15) is 39.2 Å². The average molecular weight is 286 g/mol. The molecule has 1 atom stereocenters. The van der Waals surface area contributed by atoms with E-state index in [1.807, 2.05) is 27.7 Å². The van der Waals surface area contributed by atoms with Crippen LogP contribution >= 0.6 is 11.6 Å². The first-order valence-electron chi connectivity index (χ1n) is 6.55. The minimum absolute atomic E-state index is 0.0365. The summed E-state index contributed by atoms with van der Waals surface area (Å²) >= 11 is 5.75. The Kier molecular flexibility index (Phi) is 5.95. The number of carbonyl (C=O) groups is 1. The predicted octanol–water partition coefficient (Wildman–Crippen LogP) is 3.79. The zero-order chi connectivity index (χ0) is 14.6. The fourth-order valence-corrected chi connectivity index (χ4v) is 2.06. The van der Waals surface area contributed by atoms with E-state index in [9.17, 15) is 9.18 Å². The van der Waals surface area contributed by atoms with Crippen LogP contribution in [0.4, 0.5) is 4.39 Å². The molecule has 106 valence electrons. The van der Waals surface area contributed by atoms with Crippen molar-refractivity contribution >= 4 is 17.4 Å². The van der Waals surface area contributed by atoms with E-state index in [2.05, 4.69) is 5.32 Å². The first-order chi connectivity index (χ1) is 8.82. The van der Waals surface area contributed by atoms with Crippen LogP contribution in [-0.4, -0.2) is 18.4 Å². The lowest BCUT2D eigenvalue weighted by Gasteiger charge is -2.21. The molecule has 0 fully saturated rings. The van der Waals surface area contributed by atoms with E-state index < -0.39 is 11.7 Å². The van der Waals surface area contributed by atoms with Crippen LogP contribution in [0.5, 0.6) is 0 Å². The second kappa shape index (κ2) is 7.01. The smallest absolute Gasteiger partial charge is 0.144 e. The van der Waals surface area contributed by atoms with Crippen LogP contribution in [0.15, 0.2) is 18.2 Å². The quantitative estimate of drug-likeness (QED) is 0.862. The maximum atomic E-state index is 14.0. The normalized spacial score (nSPS) is 13.1. The molecule has 1 aromatic rings. The highest BCUT2D eigenvalue weighted by Crippen LogP contribution is 2.25. The standard InChI is InChI=1S/C15H21ClFNO/c1-9(2)15(19)13(8-18-10(3)4)12-6-5-11(16)7-14(12)17/h5-7,9-10,13,18H,8H2,1-4H3/t13-/m1/s1. The molecule has 1 rings (SSSR count). The van der Waals surface area contributed by atoms with Gasteiger partial charge in [0.1, 0.15) is 11.6 Å². The van der Waals surface area contributed by atoms with E-state index in [-0.39, 0.29) is 17.7 Å². The van der Waals surface area contributed by atoms with Gasteiger partial charge in [0.15, 0.2) is 0 Å². The molecule has 0 radical (unpaired) electrons. The van der Waals surface area contributed by atoms with Gasteiger partial charge < -0.3 is 5.32 Å². The molecular formula is C15H21ClFNO. The number of halogens is 2. The third-order valence-corrected chi connectivity index (χ3v) is 3.22. The SMILES string of the molecule is CC(C)NC[C@@H](C(=O)C(C)C)c1ccc(Cl)cc1F. The largest absolute Gasteiger partial charge is 0.313 e. The van der Waals surface area contributed by atoms with Crippen LogP contribution in [0.25, 0.3) is 0 Å². The molecule has 0 bridgehead atoms. The Hall–Kier alpha value is -0.930. The Labute approximate surface area is 119 Å². The van der Waals surface area contributed by atoms with Crippen LogP contribution in [-0.2, 0) is 4.79 Å². The summed E-state index contributed by atoms with van der Waals surface area (Å²) in [7, 11) is 0. The monoisotopic (exact) mass is 285 g/mol. The van der Waals surface area contributed by atoms with Crippen LogP contribution in [0, 0.1) is 11.7 Å². The minimum Gasteiger partial charge on any atom is -0.313 e. The molecule has 0 spiro atoms. The van der Waals surface area contributed by atoms with Crippen molar-refractivity contribution in [3.8, 4) is 0 Å². The van der Waals surface area contributed by atoms with Gasteiger partial charge in [0, 0.05) is 23.5 Å². The van der Waals surface area contributed by atoms with Crippen molar-refractivity contribution in [1.29, 1.82) is 0 Å². The van der Waals surface area contributed by atoms with Crippen molar-refractivity contribution in [2.45, 2.75) is 39.7 Å². The summed E-state index contributed by atoms with van der Waals surface area (Å²) in [6.45, 7) is 8.09. The van der Waals surface area contributed by atoms with Crippen molar-refractivity contribution < 1.29 is 9.18 Å². The molecule has 0 heterocycles. The zero-order valence-electron chi connectivity index (χ0n) is 11.8. The maximum absolute atomic E-state index is 14.0. The molecule has 0 saturated carbocycles. The maximum Gasteiger partial charge on any atom is 0.144 e. The van der Waals surface area contributed by atoms with E-state index in [1.165, 1.54) is 6.07 Å². The minimum atomic E-state index is -0.473. The van der Waals surface area contributed by atoms with Crippen molar-refractivity contribution in [2.75, 3.05) is 6.54 Å². The van der Waals surface area contributed by atoms with Gasteiger partial charge in [0.05, 0.1) is 5.92 Å². The van der Waals surface area contributed by atoms with Gasteiger partial charge in [0.2, 0.25) is 0 Å². The van der Waals surface area contributed by atoms with Gasteiger partial charge in [-0.3, -0.25) is 4.79 Å². The molecule has 0 aliphatic rings. The third-order valence-electron chi connectivity index (χ3n) is 2.98. The molecular weight excluding hydrogens is 265 g/mol. The van der Waals surface area contributed by atoms with Crippen LogP contribution in [0.2, 0.25) is 5.02 Å². The molecule has 2 nitrogen and oxygen atoms in total. The van der Waals surface area contributed by atoms with E-state index in [1.54, 1.807) is 12.1 Å². The Bertz CT molecular complexity index is 446. The molecule has 19 heavy (non-hydrogen) atoms. The number of rotatable bonds is 6. The lowest BCUT2D eigenvalue weighted by atomic mass is 9.88. The summed E-state index contributed by atoms with van der Waals surface area (Å²) in [6, 6.07) is 4.73. The number of hydrogen-bond donors (Lipinski definition) is 1. The summed E-state index contributed by atoms with van der Waals surface area (Å²) in [4.78, 5) is 12.3. The molecule has 1 aromatic carbocycles. The van der Waals surface area contributed by atoms with Crippen molar-refractivity contribution in [3.05, 3.63) is 34.6 Å². The summed E-state index contributed by atoms with van der Waals surface area (Å²) in [5.41, 5.74) is 0.413. The number of ketones is 1. The van der Waals surface area contributed by atoms with Gasteiger partial charge in [-0.25, -0.2) is 4.39 Å². The fourth-order valence-electron chi connectivity index (χ4n) is 1.90. The average Bonchev–Trinajstić information content (AvgIpc) is 2.30. The Morgan fingerprint density at radius 2 is 1.95 bits per heavy atom. The van der Waals surface area contributed by atoms with Gasteiger partial charge in [-0.05, 0) is 17.7 Å². The number of hydrogen-bond acceptors (Lipinski definition) is 2. The summed E-state index contributed by atoms with van der Waals surface area (Å²) in [6.07, 6.45) is 0. The Morgan fingerprint density at radius 3 is 2.42 bits per heavy atom. The Balaban J connectivity index is 3.04. The first kappa shape index (κ1) is 16.1. The fraction of sp³-hybridized carbons (Fsp3) is 0.533. The van der Waals surface area contributed by atoms with E-state index >= 15 is 0 Å². The van der Waals surface area contributed by atoms with Gasteiger partial charge in [0.25, 0.3) is 0 Å². The molecule has 0 aromatic heterocycles. The second-order valence-corrected chi connectivity index (χ2v) is 5.77. The zero-order valence-corrected chi connectivity index (χ0v) is 12.6. The van der Waals surface area contributed by atoms with Gasteiger partial charge in [-0.15, -0.1) is 0 Å². The molecule has 0 unspecified atom stereocenters. The molecule has 0 aliphatic heterocycles. The van der Waals surface area contributed by atoms with Gasteiger partial charge in [-0.2, -0.15) is 0 Å². The molecule has 4 heteroatoms. The highest BCUT2D eigenvalue weighted by Gasteiger charge is 2.25. The lowest BCUT2D eigenvalue weighted by molar-refractivity contribution is -0.123. The lowest BCUT2D eigenvalue weighted by Crippen LogP contribution is -2.33.